The van der Waals surface area contributed by atoms with Crippen molar-refractivity contribution in [2.24, 2.45) is 0 Å². The standard InChI is InChI=1S/C17H19Cl2FN4O.ClH/c1-11(14-12(18)3-4-13(20)15(14)19)23-16(25)17(5-8-21-9-6-17)24-10-2-7-22-24;/h2-4,7,10-11,21H,5-6,8-9H2,1H3,(H,23,25);1H. The van der Waals surface area contributed by atoms with E-state index in [4.69, 9.17) is 23.2 Å². The Kier molecular flexibility index (Phi) is 6.91. The van der Waals surface area contributed by atoms with Crippen molar-refractivity contribution in [1.29, 1.82) is 0 Å². The van der Waals surface area contributed by atoms with E-state index in [1.807, 2.05) is 0 Å². The molecule has 3 rings (SSSR count). The minimum atomic E-state index is -0.782. The molecule has 5 nitrogen and oxygen atoms in total. The van der Waals surface area contributed by atoms with Crippen LogP contribution in [-0.4, -0.2) is 28.8 Å². The molecule has 1 aromatic heterocycles. The van der Waals surface area contributed by atoms with Crippen molar-refractivity contribution < 1.29 is 9.18 Å². The van der Waals surface area contributed by atoms with Gasteiger partial charge in [-0.1, -0.05) is 23.2 Å². The van der Waals surface area contributed by atoms with Crippen molar-refractivity contribution in [2.75, 3.05) is 13.1 Å². The van der Waals surface area contributed by atoms with Gasteiger partial charge in [0.25, 0.3) is 0 Å². The van der Waals surface area contributed by atoms with Gasteiger partial charge in [-0.05, 0) is 51.1 Å². The van der Waals surface area contributed by atoms with Gasteiger partial charge in [0.1, 0.15) is 11.4 Å². The van der Waals surface area contributed by atoms with Crippen LogP contribution >= 0.6 is 35.6 Å². The number of aromatic nitrogens is 2. The number of rotatable bonds is 4. The van der Waals surface area contributed by atoms with Gasteiger partial charge in [0, 0.05) is 23.0 Å². The summed E-state index contributed by atoms with van der Waals surface area (Å²) in [7, 11) is 0. The fourth-order valence-corrected chi connectivity index (χ4v) is 3.96. The number of carbonyl (C=O) groups is 1. The Hall–Kier alpha value is -1.34. The Morgan fingerprint density at radius 1 is 1.38 bits per heavy atom. The number of nitrogens with one attached hydrogen (secondary N) is 2. The summed E-state index contributed by atoms with van der Waals surface area (Å²) in [4.78, 5) is 13.1. The molecule has 2 aromatic rings. The molecule has 0 aliphatic carbocycles. The van der Waals surface area contributed by atoms with E-state index in [0.29, 0.717) is 36.5 Å². The van der Waals surface area contributed by atoms with Crippen LogP contribution in [0.5, 0.6) is 0 Å². The zero-order chi connectivity index (χ0) is 18.0. The van der Waals surface area contributed by atoms with E-state index in [1.165, 1.54) is 12.1 Å². The molecule has 0 saturated carbocycles. The molecule has 1 saturated heterocycles. The number of hydrogen-bond acceptors (Lipinski definition) is 3. The number of benzene rings is 1. The molecule has 1 unspecified atom stereocenters. The average molecular weight is 422 g/mol. The molecule has 1 aliphatic heterocycles. The Balaban J connectivity index is 0.00000243. The number of amides is 1. The average Bonchev–Trinajstić information content (AvgIpc) is 3.14. The monoisotopic (exact) mass is 420 g/mol. The first-order chi connectivity index (χ1) is 12.0. The molecule has 1 aliphatic rings. The summed E-state index contributed by atoms with van der Waals surface area (Å²) >= 11 is 12.2. The minimum Gasteiger partial charge on any atom is -0.347 e. The molecule has 1 aromatic carbocycles. The van der Waals surface area contributed by atoms with Crippen molar-refractivity contribution in [3.8, 4) is 0 Å². The number of piperidine rings is 1. The lowest BCUT2D eigenvalue weighted by molar-refractivity contribution is -0.132. The van der Waals surface area contributed by atoms with Crippen molar-refractivity contribution in [1.82, 2.24) is 20.4 Å². The largest absolute Gasteiger partial charge is 0.347 e. The fourth-order valence-electron chi connectivity index (χ4n) is 3.27. The first-order valence-electron chi connectivity index (χ1n) is 8.11. The third kappa shape index (κ3) is 3.83. The van der Waals surface area contributed by atoms with Crippen LogP contribution in [0.4, 0.5) is 4.39 Å². The van der Waals surface area contributed by atoms with Crippen molar-refractivity contribution in [3.63, 3.8) is 0 Å². The van der Waals surface area contributed by atoms with Crippen LogP contribution in [0.2, 0.25) is 10.0 Å². The van der Waals surface area contributed by atoms with Gasteiger partial charge in [0.2, 0.25) is 5.91 Å². The second-order valence-corrected chi connectivity index (χ2v) is 6.97. The summed E-state index contributed by atoms with van der Waals surface area (Å²) in [6.07, 6.45) is 4.66. The molecule has 2 N–H and O–H groups in total. The second kappa shape index (κ2) is 8.57. The first kappa shape index (κ1) is 21.0. The summed E-state index contributed by atoms with van der Waals surface area (Å²) in [5.74, 6) is -0.743. The van der Waals surface area contributed by atoms with Gasteiger partial charge in [-0.3, -0.25) is 9.48 Å². The summed E-state index contributed by atoms with van der Waals surface area (Å²) in [5.41, 5.74) is -0.406. The van der Waals surface area contributed by atoms with Crippen molar-refractivity contribution >= 4 is 41.5 Å². The topological polar surface area (TPSA) is 59.0 Å². The van der Waals surface area contributed by atoms with Gasteiger partial charge in [0.05, 0.1) is 11.1 Å². The van der Waals surface area contributed by atoms with Crippen molar-refractivity contribution in [2.45, 2.75) is 31.3 Å². The third-order valence-corrected chi connectivity index (χ3v) is 5.37. The third-order valence-electron chi connectivity index (χ3n) is 4.66. The van der Waals surface area contributed by atoms with Crippen LogP contribution in [0, 0.1) is 5.82 Å². The molecule has 1 fully saturated rings. The molecule has 2 heterocycles. The minimum absolute atomic E-state index is 0. The Bertz CT molecular complexity index is 764. The van der Waals surface area contributed by atoms with Crippen LogP contribution in [0.3, 0.4) is 0 Å². The van der Waals surface area contributed by atoms with Gasteiger partial charge >= 0.3 is 0 Å². The zero-order valence-corrected chi connectivity index (χ0v) is 16.5. The van der Waals surface area contributed by atoms with Gasteiger partial charge in [-0.15, -0.1) is 12.4 Å². The van der Waals surface area contributed by atoms with Crippen LogP contribution in [0.1, 0.15) is 31.4 Å². The molecule has 1 amide bonds. The maximum atomic E-state index is 13.8. The lowest BCUT2D eigenvalue weighted by atomic mass is 9.87. The second-order valence-electron chi connectivity index (χ2n) is 6.18. The quantitative estimate of drug-likeness (QED) is 0.740. The van der Waals surface area contributed by atoms with Gasteiger partial charge in [-0.2, -0.15) is 5.10 Å². The van der Waals surface area contributed by atoms with E-state index in [1.54, 1.807) is 30.1 Å². The fraction of sp³-hybridized carbons (Fsp3) is 0.412. The molecule has 1 atom stereocenters. The van der Waals surface area contributed by atoms with Crippen LogP contribution < -0.4 is 10.6 Å². The summed E-state index contributed by atoms with van der Waals surface area (Å²) in [6, 6.07) is 3.90. The van der Waals surface area contributed by atoms with Crippen molar-refractivity contribution in [3.05, 3.63) is 52.0 Å². The highest BCUT2D eigenvalue weighted by molar-refractivity contribution is 6.36. The number of hydrogen-bond donors (Lipinski definition) is 2. The molecule has 9 heteroatoms. The summed E-state index contributed by atoms with van der Waals surface area (Å²) < 4.78 is 15.5. The van der Waals surface area contributed by atoms with E-state index < -0.39 is 17.4 Å². The lowest BCUT2D eigenvalue weighted by Gasteiger charge is -2.37. The van der Waals surface area contributed by atoms with E-state index in [0.717, 1.165) is 0 Å². The number of nitrogens with zero attached hydrogens (tertiary/aromatic N) is 2. The van der Waals surface area contributed by atoms with E-state index in [9.17, 15) is 9.18 Å². The highest BCUT2D eigenvalue weighted by Gasteiger charge is 2.42. The SMILES string of the molecule is CC(NC(=O)C1(n2cccn2)CCNCC1)c1c(Cl)ccc(F)c1Cl.Cl. The van der Waals surface area contributed by atoms with E-state index >= 15 is 0 Å². The summed E-state index contributed by atoms with van der Waals surface area (Å²) in [6.45, 7) is 3.16. The first-order valence-corrected chi connectivity index (χ1v) is 8.86. The van der Waals surface area contributed by atoms with E-state index in [2.05, 4.69) is 15.7 Å². The molecule has 0 bridgehead atoms. The van der Waals surface area contributed by atoms with Gasteiger partial charge in [-0.25, -0.2) is 4.39 Å². The van der Waals surface area contributed by atoms with Gasteiger partial charge in [0.15, 0.2) is 0 Å². The molecular formula is C17H20Cl3FN4O. The normalized spacial score (nSPS) is 17.2. The number of carbonyl (C=O) groups excluding carboxylic acids is 1. The predicted octanol–water partition coefficient (Wildman–Crippen LogP) is 3.71. The zero-order valence-electron chi connectivity index (χ0n) is 14.1. The lowest BCUT2D eigenvalue weighted by Crippen LogP contribution is -2.55. The number of halogens is 4. The Morgan fingerprint density at radius 2 is 2.08 bits per heavy atom. The predicted molar refractivity (Wildman–Crippen MR) is 103 cm³/mol. The highest BCUT2D eigenvalue weighted by Crippen LogP contribution is 2.34. The summed E-state index contributed by atoms with van der Waals surface area (Å²) in [5, 5.41) is 10.7. The van der Waals surface area contributed by atoms with Crippen LogP contribution in [0.15, 0.2) is 30.6 Å². The Morgan fingerprint density at radius 3 is 2.69 bits per heavy atom. The maximum absolute atomic E-state index is 13.8. The van der Waals surface area contributed by atoms with Crippen LogP contribution in [0.25, 0.3) is 0 Å². The molecular weight excluding hydrogens is 402 g/mol. The maximum Gasteiger partial charge on any atom is 0.248 e. The van der Waals surface area contributed by atoms with Gasteiger partial charge < -0.3 is 10.6 Å². The molecule has 0 radical (unpaired) electrons. The highest BCUT2D eigenvalue weighted by atomic mass is 35.5. The van der Waals surface area contributed by atoms with Crippen LogP contribution in [-0.2, 0) is 10.3 Å². The smallest absolute Gasteiger partial charge is 0.248 e. The van der Waals surface area contributed by atoms with E-state index in [-0.39, 0.29) is 23.3 Å². The molecule has 142 valence electrons. The molecule has 0 spiro atoms. The Labute approximate surface area is 167 Å². The molecule has 26 heavy (non-hydrogen) atoms.